The summed E-state index contributed by atoms with van der Waals surface area (Å²) in [6.45, 7) is 2.37. The zero-order valence-corrected chi connectivity index (χ0v) is 18.9. The predicted octanol–water partition coefficient (Wildman–Crippen LogP) is 3.71. The van der Waals surface area contributed by atoms with Crippen molar-refractivity contribution < 1.29 is 13.6 Å². The van der Waals surface area contributed by atoms with E-state index in [1.165, 1.54) is 23.8 Å². The molecule has 2 aromatic carbocycles. The zero-order chi connectivity index (χ0) is 20.6. The van der Waals surface area contributed by atoms with Crippen LogP contribution in [-0.2, 0) is 11.3 Å². The molecular formula is C21H23FIN5O2. The van der Waals surface area contributed by atoms with Gasteiger partial charge >= 0.3 is 0 Å². The van der Waals surface area contributed by atoms with E-state index in [1.807, 2.05) is 31.2 Å². The van der Waals surface area contributed by atoms with Crippen molar-refractivity contribution in [3.05, 3.63) is 71.9 Å². The van der Waals surface area contributed by atoms with Gasteiger partial charge in [-0.1, -0.05) is 23.8 Å². The number of hydrogen-bond donors (Lipinski definition) is 3. The van der Waals surface area contributed by atoms with E-state index in [0.29, 0.717) is 29.8 Å². The quantitative estimate of drug-likeness (QED) is 0.261. The maximum absolute atomic E-state index is 13.2. The average molecular weight is 523 g/mol. The van der Waals surface area contributed by atoms with Crippen molar-refractivity contribution in [2.45, 2.75) is 13.5 Å². The molecule has 0 aliphatic carbocycles. The molecule has 0 bridgehead atoms. The number of amides is 1. The fourth-order valence-corrected chi connectivity index (χ4v) is 2.55. The van der Waals surface area contributed by atoms with Crippen LogP contribution in [0.15, 0.2) is 64.2 Å². The van der Waals surface area contributed by atoms with E-state index in [1.54, 1.807) is 19.4 Å². The monoisotopic (exact) mass is 523 g/mol. The Balaban J connectivity index is 0.00000320. The van der Waals surface area contributed by atoms with Gasteiger partial charge < -0.3 is 20.4 Å². The van der Waals surface area contributed by atoms with Crippen LogP contribution in [0.1, 0.15) is 11.3 Å². The number of carbonyl (C=O) groups is 1. The number of nitrogens with zero attached hydrogens (tertiary/aromatic N) is 2. The minimum atomic E-state index is -0.411. The van der Waals surface area contributed by atoms with Gasteiger partial charge in [-0.3, -0.25) is 9.79 Å². The number of benzene rings is 2. The van der Waals surface area contributed by atoms with Gasteiger partial charge in [-0.25, -0.2) is 9.37 Å². The van der Waals surface area contributed by atoms with E-state index >= 15 is 0 Å². The summed E-state index contributed by atoms with van der Waals surface area (Å²) in [5.41, 5.74) is 3.16. The molecule has 7 nitrogen and oxygen atoms in total. The highest BCUT2D eigenvalue weighted by Gasteiger charge is 2.08. The van der Waals surface area contributed by atoms with Crippen LogP contribution in [0.5, 0.6) is 0 Å². The topological polar surface area (TPSA) is 91.5 Å². The first-order valence-corrected chi connectivity index (χ1v) is 9.05. The Labute approximate surface area is 191 Å². The van der Waals surface area contributed by atoms with Crippen molar-refractivity contribution in [1.29, 1.82) is 0 Å². The third-order valence-corrected chi connectivity index (χ3v) is 4.04. The molecule has 3 aromatic rings. The Morgan fingerprint density at radius 3 is 2.63 bits per heavy atom. The Morgan fingerprint density at radius 2 is 1.93 bits per heavy atom. The largest absolute Gasteiger partial charge is 0.444 e. The minimum Gasteiger partial charge on any atom is -0.444 e. The van der Waals surface area contributed by atoms with Crippen LogP contribution in [0, 0.1) is 12.7 Å². The molecule has 1 heterocycles. The third kappa shape index (κ3) is 6.83. The molecule has 30 heavy (non-hydrogen) atoms. The third-order valence-electron chi connectivity index (χ3n) is 4.04. The molecule has 0 atom stereocenters. The van der Waals surface area contributed by atoms with Crippen LogP contribution in [0.3, 0.4) is 0 Å². The van der Waals surface area contributed by atoms with Gasteiger partial charge in [-0.2, -0.15) is 0 Å². The second kappa shape index (κ2) is 11.3. The van der Waals surface area contributed by atoms with Crippen molar-refractivity contribution in [3.63, 3.8) is 0 Å². The Kier molecular flexibility index (Phi) is 8.78. The van der Waals surface area contributed by atoms with Crippen molar-refractivity contribution in [1.82, 2.24) is 15.6 Å². The summed E-state index contributed by atoms with van der Waals surface area (Å²) in [5, 5.41) is 8.57. The second-order valence-corrected chi connectivity index (χ2v) is 6.35. The van der Waals surface area contributed by atoms with Crippen LogP contribution >= 0.6 is 24.0 Å². The van der Waals surface area contributed by atoms with E-state index in [4.69, 9.17) is 4.42 Å². The number of aromatic nitrogens is 1. The number of nitrogens with one attached hydrogen (secondary N) is 3. The minimum absolute atomic E-state index is 0. The van der Waals surface area contributed by atoms with E-state index in [2.05, 4.69) is 25.9 Å². The summed E-state index contributed by atoms with van der Waals surface area (Å²) in [6.07, 6.45) is 1.58. The van der Waals surface area contributed by atoms with Gasteiger partial charge in [0.15, 0.2) is 5.96 Å². The number of guanidine groups is 1. The maximum Gasteiger partial charge on any atom is 0.243 e. The first-order chi connectivity index (χ1) is 14.0. The van der Waals surface area contributed by atoms with E-state index in [0.717, 1.165) is 5.56 Å². The molecule has 1 aromatic heterocycles. The van der Waals surface area contributed by atoms with Crippen molar-refractivity contribution in [3.8, 4) is 11.5 Å². The Bertz CT molecular complexity index is 1000. The Morgan fingerprint density at radius 1 is 1.17 bits per heavy atom. The van der Waals surface area contributed by atoms with Gasteiger partial charge in [0, 0.05) is 18.3 Å². The van der Waals surface area contributed by atoms with Crippen LogP contribution in [0.25, 0.3) is 11.5 Å². The molecule has 0 aliphatic heterocycles. The molecule has 0 fully saturated rings. The van der Waals surface area contributed by atoms with Crippen molar-refractivity contribution in [2.24, 2.45) is 4.99 Å². The number of anilines is 1. The molecule has 1 amide bonds. The molecule has 0 unspecified atom stereocenters. The number of hydrogen-bond acceptors (Lipinski definition) is 4. The van der Waals surface area contributed by atoms with Crippen LogP contribution < -0.4 is 16.0 Å². The first-order valence-electron chi connectivity index (χ1n) is 9.05. The van der Waals surface area contributed by atoms with Gasteiger partial charge in [0.1, 0.15) is 12.1 Å². The Hall–Kier alpha value is -2.95. The summed E-state index contributed by atoms with van der Waals surface area (Å²) < 4.78 is 18.7. The van der Waals surface area contributed by atoms with Gasteiger partial charge in [0.2, 0.25) is 11.8 Å². The maximum atomic E-state index is 13.2. The normalized spacial score (nSPS) is 10.8. The standard InChI is InChI=1S/C21H22FN5O2.HI/c1-14-6-8-15(9-7-14)20-27-18(13-29-20)11-24-21(23-2)25-12-19(28)26-17-5-3-4-16(22)10-17;/h3-10,13H,11-12H2,1-2H3,(H,26,28)(H2,23,24,25);1H. The lowest BCUT2D eigenvalue weighted by Crippen LogP contribution is -2.41. The van der Waals surface area contributed by atoms with E-state index in [-0.39, 0.29) is 36.4 Å². The SMILES string of the molecule is CN=C(NCC(=O)Nc1cccc(F)c1)NCc1coc(-c2ccc(C)cc2)n1.I. The summed E-state index contributed by atoms with van der Waals surface area (Å²) in [6, 6.07) is 13.6. The molecule has 158 valence electrons. The second-order valence-electron chi connectivity index (χ2n) is 6.35. The number of halogens is 2. The van der Waals surface area contributed by atoms with Crippen LogP contribution in [0.2, 0.25) is 0 Å². The average Bonchev–Trinajstić information content (AvgIpc) is 3.17. The molecule has 0 saturated heterocycles. The van der Waals surface area contributed by atoms with Crippen molar-refractivity contribution in [2.75, 3.05) is 18.9 Å². The number of carbonyl (C=O) groups excluding carboxylic acids is 1. The van der Waals surface area contributed by atoms with Crippen LogP contribution in [0.4, 0.5) is 10.1 Å². The lowest BCUT2D eigenvalue weighted by atomic mass is 10.1. The molecule has 0 aliphatic rings. The predicted molar refractivity (Wildman–Crippen MR) is 125 cm³/mol. The molecular weight excluding hydrogens is 500 g/mol. The number of rotatable bonds is 6. The van der Waals surface area contributed by atoms with Gasteiger partial charge in [-0.15, -0.1) is 24.0 Å². The number of aliphatic imine (C=N–C) groups is 1. The van der Waals surface area contributed by atoms with E-state index in [9.17, 15) is 9.18 Å². The summed E-state index contributed by atoms with van der Waals surface area (Å²) in [4.78, 5) is 20.5. The molecule has 0 radical (unpaired) electrons. The fourth-order valence-electron chi connectivity index (χ4n) is 2.55. The highest BCUT2D eigenvalue weighted by Crippen LogP contribution is 2.19. The lowest BCUT2D eigenvalue weighted by molar-refractivity contribution is -0.115. The first kappa shape index (κ1) is 23.3. The highest BCUT2D eigenvalue weighted by molar-refractivity contribution is 14.0. The molecule has 0 saturated carbocycles. The van der Waals surface area contributed by atoms with Gasteiger partial charge in [0.25, 0.3) is 0 Å². The zero-order valence-electron chi connectivity index (χ0n) is 16.6. The highest BCUT2D eigenvalue weighted by atomic mass is 127. The number of aryl methyl sites for hydroxylation is 1. The molecule has 0 spiro atoms. The molecule has 9 heteroatoms. The summed E-state index contributed by atoms with van der Waals surface area (Å²) >= 11 is 0. The van der Waals surface area contributed by atoms with Gasteiger partial charge in [0.05, 0.1) is 18.8 Å². The number of oxazole rings is 1. The molecule has 3 N–H and O–H groups in total. The van der Waals surface area contributed by atoms with Gasteiger partial charge in [-0.05, 0) is 37.3 Å². The summed E-state index contributed by atoms with van der Waals surface area (Å²) in [7, 11) is 1.60. The fraction of sp³-hybridized carbons (Fsp3) is 0.190. The smallest absolute Gasteiger partial charge is 0.243 e. The summed E-state index contributed by atoms with van der Waals surface area (Å²) in [5.74, 6) is 0.242. The van der Waals surface area contributed by atoms with E-state index < -0.39 is 5.82 Å². The van der Waals surface area contributed by atoms with Crippen molar-refractivity contribution >= 4 is 41.5 Å². The van der Waals surface area contributed by atoms with Crippen LogP contribution in [-0.4, -0.2) is 30.4 Å². The lowest BCUT2D eigenvalue weighted by Gasteiger charge is -2.11. The molecule has 3 rings (SSSR count).